The molecule has 88 valence electrons. The highest BCUT2D eigenvalue weighted by atomic mass is 32.2. The van der Waals surface area contributed by atoms with Gasteiger partial charge in [0.25, 0.3) is 5.76 Å². The van der Waals surface area contributed by atoms with Gasteiger partial charge in [-0.15, -0.1) is 0 Å². The molecule has 1 atom stereocenters. The van der Waals surface area contributed by atoms with E-state index in [1.165, 1.54) is 6.07 Å². The van der Waals surface area contributed by atoms with Crippen LogP contribution in [0.4, 0.5) is 8.78 Å². The van der Waals surface area contributed by atoms with Crippen LogP contribution in [-0.2, 0) is 11.2 Å². The Hall–Kier alpha value is -1.14. The molecule has 0 fully saturated rings. The molecule has 1 rings (SSSR count). The van der Waals surface area contributed by atoms with Crippen molar-refractivity contribution in [2.24, 2.45) is 5.73 Å². The number of benzene rings is 1. The molecule has 0 heterocycles. The summed E-state index contributed by atoms with van der Waals surface area (Å²) >= 11 is 0.426. The van der Waals surface area contributed by atoms with Gasteiger partial charge in [-0.05, 0) is 24.1 Å². The Labute approximate surface area is 95.6 Å². The number of thioether (sulfide) groups is 1. The first-order valence-electron chi connectivity index (χ1n) is 4.51. The zero-order valence-corrected chi connectivity index (χ0v) is 9.08. The van der Waals surface area contributed by atoms with Crippen LogP contribution in [0.3, 0.4) is 0 Å². The van der Waals surface area contributed by atoms with Crippen molar-refractivity contribution in [3.8, 4) is 0 Å². The average molecular weight is 247 g/mol. The summed E-state index contributed by atoms with van der Waals surface area (Å²) < 4.78 is 24.2. The minimum Gasteiger partial charge on any atom is -0.480 e. The molecule has 0 radical (unpaired) electrons. The van der Waals surface area contributed by atoms with Crippen LogP contribution in [0.2, 0.25) is 0 Å². The third-order valence-corrected chi connectivity index (χ3v) is 2.60. The highest BCUT2D eigenvalue weighted by Gasteiger charge is 2.13. The first kappa shape index (κ1) is 12.9. The van der Waals surface area contributed by atoms with Crippen molar-refractivity contribution in [2.75, 3.05) is 0 Å². The fraction of sp³-hybridized carbons (Fsp3) is 0.300. The van der Waals surface area contributed by atoms with E-state index in [0.29, 0.717) is 22.2 Å². The van der Waals surface area contributed by atoms with Gasteiger partial charge in [-0.3, -0.25) is 4.79 Å². The molecule has 0 aromatic heterocycles. The molecule has 0 aliphatic carbocycles. The van der Waals surface area contributed by atoms with Gasteiger partial charge in [-0.2, -0.15) is 8.78 Å². The van der Waals surface area contributed by atoms with Gasteiger partial charge in [0.1, 0.15) is 6.04 Å². The lowest BCUT2D eigenvalue weighted by atomic mass is 10.1. The Morgan fingerprint density at radius 1 is 1.50 bits per heavy atom. The van der Waals surface area contributed by atoms with Gasteiger partial charge in [-0.1, -0.05) is 23.9 Å². The minimum atomic E-state index is -2.48. The van der Waals surface area contributed by atoms with Crippen LogP contribution in [0.25, 0.3) is 0 Å². The summed E-state index contributed by atoms with van der Waals surface area (Å²) in [5, 5.41) is 8.61. The Morgan fingerprint density at radius 3 is 2.75 bits per heavy atom. The van der Waals surface area contributed by atoms with E-state index >= 15 is 0 Å². The van der Waals surface area contributed by atoms with Crippen molar-refractivity contribution in [3.05, 3.63) is 29.8 Å². The summed E-state index contributed by atoms with van der Waals surface area (Å²) in [5.74, 6) is -3.59. The molecule has 0 spiro atoms. The monoisotopic (exact) mass is 247 g/mol. The third kappa shape index (κ3) is 4.16. The average Bonchev–Trinajstić information content (AvgIpc) is 2.16. The number of carboxylic acid groups (broad SMARTS) is 1. The smallest absolute Gasteiger partial charge is 0.320 e. The standard InChI is InChI=1S/C10H11F2NO2S/c11-10(12)16-7-3-1-2-6(4-7)5-8(13)9(14)15/h1-4,8,10H,5,13H2,(H,14,15). The third-order valence-electron chi connectivity index (χ3n) is 1.90. The molecule has 0 aliphatic rings. The SMILES string of the molecule is NC(Cc1cccc(SC(F)F)c1)C(=O)O. The number of nitrogens with two attached hydrogens (primary N) is 1. The first-order valence-corrected chi connectivity index (χ1v) is 5.39. The van der Waals surface area contributed by atoms with E-state index < -0.39 is 17.8 Å². The molecular weight excluding hydrogens is 236 g/mol. The zero-order chi connectivity index (χ0) is 12.1. The number of carbonyl (C=O) groups is 1. The maximum absolute atomic E-state index is 12.1. The molecule has 0 saturated heterocycles. The van der Waals surface area contributed by atoms with Gasteiger partial charge in [0.05, 0.1) is 0 Å². The Kier molecular flexibility index (Phi) is 4.70. The van der Waals surface area contributed by atoms with Crippen LogP contribution in [0.1, 0.15) is 5.56 Å². The fourth-order valence-electron chi connectivity index (χ4n) is 1.19. The molecule has 3 nitrogen and oxygen atoms in total. The second kappa shape index (κ2) is 5.81. The van der Waals surface area contributed by atoms with Crippen molar-refractivity contribution < 1.29 is 18.7 Å². The molecule has 0 amide bonds. The van der Waals surface area contributed by atoms with E-state index in [9.17, 15) is 13.6 Å². The topological polar surface area (TPSA) is 63.3 Å². The largest absolute Gasteiger partial charge is 0.480 e. The van der Waals surface area contributed by atoms with E-state index in [1.807, 2.05) is 0 Å². The van der Waals surface area contributed by atoms with Gasteiger partial charge >= 0.3 is 5.97 Å². The van der Waals surface area contributed by atoms with Gasteiger partial charge in [0.15, 0.2) is 0 Å². The Morgan fingerprint density at radius 2 is 2.19 bits per heavy atom. The second-order valence-electron chi connectivity index (χ2n) is 3.17. The lowest BCUT2D eigenvalue weighted by Crippen LogP contribution is -2.32. The maximum Gasteiger partial charge on any atom is 0.320 e. The van der Waals surface area contributed by atoms with Crippen LogP contribution in [0.5, 0.6) is 0 Å². The lowest BCUT2D eigenvalue weighted by Gasteiger charge is -2.07. The molecule has 1 aromatic rings. The van der Waals surface area contributed by atoms with Crippen LogP contribution in [0, 0.1) is 0 Å². The predicted molar refractivity (Wildman–Crippen MR) is 57.6 cm³/mol. The summed E-state index contributed by atoms with van der Waals surface area (Å²) in [6.07, 6.45) is 0.132. The summed E-state index contributed by atoms with van der Waals surface area (Å²) in [7, 11) is 0. The molecular formula is C10H11F2NO2S. The van der Waals surface area contributed by atoms with Crippen molar-refractivity contribution in [3.63, 3.8) is 0 Å². The minimum absolute atomic E-state index is 0.132. The van der Waals surface area contributed by atoms with E-state index in [1.54, 1.807) is 18.2 Å². The van der Waals surface area contributed by atoms with Crippen LogP contribution in [-0.4, -0.2) is 22.9 Å². The molecule has 6 heteroatoms. The number of rotatable bonds is 5. The summed E-state index contributed by atoms with van der Waals surface area (Å²) in [5.41, 5.74) is 5.98. The number of aliphatic carboxylic acids is 1. The van der Waals surface area contributed by atoms with Gasteiger partial charge < -0.3 is 10.8 Å². The highest BCUT2D eigenvalue weighted by molar-refractivity contribution is 7.99. The number of hydrogen-bond donors (Lipinski definition) is 2. The van der Waals surface area contributed by atoms with E-state index in [4.69, 9.17) is 10.8 Å². The molecule has 3 N–H and O–H groups in total. The van der Waals surface area contributed by atoms with Crippen LogP contribution in [0.15, 0.2) is 29.2 Å². The summed E-state index contributed by atoms with van der Waals surface area (Å²) in [6.45, 7) is 0. The Bertz CT molecular complexity index is 374. The molecule has 16 heavy (non-hydrogen) atoms. The molecule has 1 aromatic carbocycles. The molecule has 0 aliphatic heterocycles. The second-order valence-corrected chi connectivity index (χ2v) is 4.24. The van der Waals surface area contributed by atoms with Gasteiger partial charge in [-0.25, -0.2) is 0 Å². The number of alkyl halides is 2. The molecule has 0 saturated carbocycles. The van der Waals surface area contributed by atoms with Gasteiger partial charge in [0.2, 0.25) is 0 Å². The van der Waals surface area contributed by atoms with E-state index in [0.717, 1.165) is 0 Å². The highest BCUT2D eigenvalue weighted by Crippen LogP contribution is 2.25. The van der Waals surface area contributed by atoms with Crippen molar-refractivity contribution in [2.45, 2.75) is 23.1 Å². The van der Waals surface area contributed by atoms with Crippen molar-refractivity contribution in [1.82, 2.24) is 0 Å². The number of halogens is 2. The maximum atomic E-state index is 12.1. The number of carboxylic acids is 1. The predicted octanol–water partition coefficient (Wildman–Crippen LogP) is 1.96. The normalized spacial score (nSPS) is 12.8. The van der Waals surface area contributed by atoms with Crippen molar-refractivity contribution >= 4 is 17.7 Å². The lowest BCUT2D eigenvalue weighted by molar-refractivity contribution is -0.138. The Balaban J connectivity index is 2.70. The summed E-state index contributed by atoms with van der Waals surface area (Å²) in [4.78, 5) is 10.9. The molecule has 0 bridgehead atoms. The summed E-state index contributed by atoms with van der Waals surface area (Å²) in [6, 6.07) is 5.34. The first-order chi connectivity index (χ1) is 7.49. The van der Waals surface area contributed by atoms with Gasteiger partial charge in [0, 0.05) is 4.90 Å². The zero-order valence-electron chi connectivity index (χ0n) is 8.27. The van der Waals surface area contributed by atoms with E-state index in [2.05, 4.69) is 0 Å². The fourth-order valence-corrected chi connectivity index (χ4v) is 1.77. The molecule has 1 unspecified atom stereocenters. The van der Waals surface area contributed by atoms with Crippen LogP contribution >= 0.6 is 11.8 Å². The van der Waals surface area contributed by atoms with Crippen molar-refractivity contribution in [1.29, 1.82) is 0 Å². The van der Waals surface area contributed by atoms with Crippen LogP contribution < -0.4 is 5.73 Å². The number of hydrogen-bond acceptors (Lipinski definition) is 3. The quantitative estimate of drug-likeness (QED) is 0.781. The van der Waals surface area contributed by atoms with E-state index in [-0.39, 0.29) is 6.42 Å².